The fourth-order valence-electron chi connectivity index (χ4n) is 0.902. The van der Waals surface area contributed by atoms with Gasteiger partial charge in [0, 0.05) is 10.9 Å². The average Bonchev–Trinajstić information content (AvgIpc) is 2.08. The van der Waals surface area contributed by atoms with E-state index in [0.717, 1.165) is 4.47 Å². The zero-order valence-corrected chi connectivity index (χ0v) is 8.19. The molecule has 0 unspecified atom stereocenters. The van der Waals surface area contributed by atoms with Gasteiger partial charge in [0.1, 0.15) is 5.82 Å². The molecule has 0 radical (unpaired) electrons. The molecule has 0 aromatic heterocycles. The van der Waals surface area contributed by atoms with Crippen molar-refractivity contribution in [2.45, 2.75) is 13.3 Å². The van der Waals surface area contributed by atoms with E-state index in [1.54, 1.807) is 13.0 Å². The Hall–Kier alpha value is -0.700. The molecule has 1 aromatic rings. The van der Waals surface area contributed by atoms with Crippen LogP contribution >= 0.6 is 15.9 Å². The van der Waals surface area contributed by atoms with Crippen molar-refractivity contribution in [3.8, 4) is 0 Å². The summed E-state index contributed by atoms with van der Waals surface area (Å²) in [6, 6.07) is 4.36. The van der Waals surface area contributed by atoms with E-state index in [9.17, 15) is 9.18 Å². The summed E-state index contributed by atoms with van der Waals surface area (Å²) >= 11 is 3.17. The quantitative estimate of drug-likeness (QED) is 0.714. The van der Waals surface area contributed by atoms with Crippen LogP contribution in [0.15, 0.2) is 22.7 Å². The lowest BCUT2D eigenvalue weighted by Crippen LogP contribution is -1.99. The van der Waals surface area contributed by atoms with Gasteiger partial charge in [0.2, 0.25) is 0 Å². The van der Waals surface area contributed by atoms with Crippen molar-refractivity contribution in [2.24, 2.45) is 0 Å². The third-order valence-corrected chi connectivity index (χ3v) is 2.04. The lowest BCUT2D eigenvalue weighted by molar-refractivity contribution is 0.0984. The molecule has 0 saturated carbocycles. The first kappa shape index (κ1) is 9.39. The largest absolute Gasteiger partial charge is 0.294 e. The Kier molecular flexibility index (Phi) is 2.98. The predicted molar refractivity (Wildman–Crippen MR) is 48.7 cm³/mol. The Morgan fingerprint density at radius 1 is 1.58 bits per heavy atom. The van der Waals surface area contributed by atoms with Gasteiger partial charge in [0.25, 0.3) is 0 Å². The van der Waals surface area contributed by atoms with E-state index >= 15 is 0 Å². The van der Waals surface area contributed by atoms with Crippen molar-refractivity contribution in [2.75, 3.05) is 0 Å². The second-order valence-corrected chi connectivity index (χ2v) is 3.32. The van der Waals surface area contributed by atoms with Gasteiger partial charge < -0.3 is 0 Å². The molecule has 0 heterocycles. The van der Waals surface area contributed by atoms with Crippen LogP contribution in [0.3, 0.4) is 0 Å². The maximum Gasteiger partial charge on any atom is 0.165 e. The van der Waals surface area contributed by atoms with Crippen molar-refractivity contribution in [1.82, 2.24) is 0 Å². The Bertz CT molecular complexity index is 309. The third kappa shape index (κ3) is 1.91. The van der Waals surface area contributed by atoms with Crippen LogP contribution in [0.5, 0.6) is 0 Å². The SMILES string of the molecule is CCC(=O)c1cc(Br)ccc1F. The Labute approximate surface area is 78.7 Å². The van der Waals surface area contributed by atoms with E-state index in [1.807, 2.05) is 0 Å². The first-order valence-corrected chi connectivity index (χ1v) is 4.42. The zero-order valence-electron chi connectivity index (χ0n) is 6.60. The van der Waals surface area contributed by atoms with Crippen LogP contribution in [-0.2, 0) is 0 Å². The van der Waals surface area contributed by atoms with Crippen molar-refractivity contribution >= 4 is 21.7 Å². The van der Waals surface area contributed by atoms with Crippen molar-refractivity contribution in [1.29, 1.82) is 0 Å². The molecule has 1 rings (SSSR count). The van der Waals surface area contributed by atoms with Crippen molar-refractivity contribution in [3.05, 3.63) is 34.1 Å². The molecule has 0 bridgehead atoms. The summed E-state index contributed by atoms with van der Waals surface area (Å²) in [4.78, 5) is 11.1. The van der Waals surface area contributed by atoms with Crippen LogP contribution < -0.4 is 0 Å². The highest BCUT2D eigenvalue weighted by molar-refractivity contribution is 9.10. The topological polar surface area (TPSA) is 17.1 Å². The van der Waals surface area contributed by atoms with Gasteiger partial charge in [-0.1, -0.05) is 22.9 Å². The van der Waals surface area contributed by atoms with Crippen LogP contribution in [0.2, 0.25) is 0 Å². The minimum atomic E-state index is -0.454. The van der Waals surface area contributed by atoms with Crippen LogP contribution in [0.4, 0.5) is 4.39 Å². The predicted octanol–water partition coefficient (Wildman–Crippen LogP) is 3.18. The summed E-state index contributed by atoms with van der Waals surface area (Å²) < 4.78 is 13.7. The fraction of sp³-hybridized carbons (Fsp3) is 0.222. The molecule has 0 amide bonds. The molecule has 1 nitrogen and oxygen atoms in total. The Balaban J connectivity index is 3.13. The summed E-state index contributed by atoms with van der Waals surface area (Å²) in [7, 11) is 0. The summed E-state index contributed by atoms with van der Waals surface area (Å²) in [5, 5.41) is 0. The summed E-state index contributed by atoms with van der Waals surface area (Å²) in [6.45, 7) is 1.71. The zero-order chi connectivity index (χ0) is 9.14. The summed E-state index contributed by atoms with van der Waals surface area (Å²) in [6.07, 6.45) is 0.327. The fourth-order valence-corrected chi connectivity index (χ4v) is 1.26. The van der Waals surface area contributed by atoms with Gasteiger partial charge in [-0.15, -0.1) is 0 Å². The number of carbonyl (C=O) groups is 1. The number of Topliss-reactive ketones (excluding diaryl/α,β-unsaturated/α-hetero) is 1. The number of ketones is 1. The van der Waals surface area contributed by atoms with E-state index in [4.69, 9.17) is 0 Å². The molecule has 1 aromatic carbocycles. The van der Waals surface area contributed by atoms with E-state index in [1.165, 1.54) is 12.1 Å². The number of hydrogen-bond donors (Lipinski definition) is 0. The van der Waals surface area contributed by atoms with Gasteiger partial charge in [-0.05, 0) is 18.2 Å². The second-order valence-electron chi connectivity index (χ2n) is 2.40. The van der Waals surface area contributed by atoms with E-state index in [2.05, 4.69) is 15.9 Å². The molecule has 0 saturated heterocycles. The highest BCUT2D eigenvalue weighted by Crippen LogP contribution is 2.16. The number of carbonyl (C=O) groups excluding carboxylic acids is 1. The molecular weight excluding hydrogens is 223 g/mol. The molecule has 64 valence electrons. The summed E-state index contributed by atoms with van der Waals surface area (Å²) in [5.74, 6) is -0.626. The number of halogens is 2. The number of hydrogen-bond acceptors (Lipinski definition) is 1. The van der Waals surface area contributed by atoms with Crippen LogP contribution in [-0.4, -0.2) is 5.78 Å². The maximum atomic E-state index is 13.0. The minimum Gasteiger partial charge on any atom is -0.294 e. The molecular formula is C9H8BrFO. The first-order valence-electron chi connectivity index (χ1n) is 3.63. The highest BCUT2D eigenvalue weighted by atomic mass is 79.9. The molecule has 3 heteroatoms. The number of benzene rings is 1. The van der Waals surface area contributed by atoms with Gasteiger partial charge in [-0.2, -0.15) is 0 Å². The molecule has 12 heavy (non-hydrogen) atoms. The van der Waals surface area contributed by atoms with E-state index in [-0.39, 0.29) is 11.3 Å². The second kappa shape index (κ2) is 3.81. The molecule has 0 N–H and O–H groups in total. The highest BCUT2D eigenvalue weighted by Gasteiger charge is 2.09. The van der Waals surface area contributed by atoms with E-state index in [0.29, 0.717) is 6.42 Å². The molecule has 0 fully saturated rings. The molecule has 0 spiro atoms. The normalized spacial score (nSPS) is 9.92. The van der Waals surface area contributed by atoms with Gasteiger partial charge >= 0.3 is 0 Å². The van der Waals surface area contributed by atoms with E-state index < -0.39 is 5.82 Å². The monoisotopic (exact) mass is 230 g/mol. The first-order chi connectivity index (χ1) is 5.65. The van der Waals surface area contributed by atoms with Crippen LogP contribution in [0.1, 0.15) is 23.7 Å². The lowest BCUT2D eigenvalue weighted by Gasteiger charge is -1.99. The van der Waals surface area contributed by atoms with Crippen molar-refractivity contribution < 1.29 is 9.18 Å². The van der Waals surface area contributed by atoms with Gasteiger partial charge in [-0.3, -0.25) is 4.79 Å². The molecule has 0 aliphatic rings. The van der Waals surface area contributed by atoms with Gasteiger partial charge in [0.05, 0.1) is 5.56 Å². The molecule has 0 aliphatic heterocycles. The lowest BCUT2D eigenvalue weighted by atomic mass is 10.1. The van der Waals surface area contributed by atoms with Crippen LogP contribution in [0, 0.1) is 5.82 Å². The van der Waals surface area contributed by atoms with Gasteiger partial charge in [-0.25, -0.2) is 4.39 Å². The molecule has 0 atom stereocenters. The van der Waals surface area contributed by atoms with Crippen molar-refractivity contribution in [3.63, 3.8) is 0 Å². The number of rotatable bonds is 2. The standard InChI is InChI=1S/C9H8BrFO/c1-2-9(12)7-5-6(10)3-4-8(7)11/h3-5H,2H2,1H3. The average molecular weight is 231 g/mol. The summed E-state index contributed by atoms with van der Waals surface area (Å²) in [5.41, 5.74) is 0.159. The minimum absolute atomic E-state index is 0.159. The smallest absolute Gasteiger partial charge is 0.165 e. The Morgan fingerprint density at radius 2 is 2.25 bits per heavy atom. The van der Waals surface area contributed by atoms with Gasteiger partial charge in [0.15, 0.2) is 5.78 Å². The maximum absolute atomic E-state index is 13.0. The van der Waals surface area contributed by atoms with Crippen LogP contribution in [0.25, 0.3) is 0 Å². The third-order valence-electron chi connectivity index (χ3n) is 1.55. The molecule has 0 aliphatic carbocycles. The Morgan fingerprint density at radius 3 is 2.83 bits per heavy atom.